The van der Waals surface area contributed by atoms with Crippen LogP contribution in [0, 0.1) is 11.8 Å². The number of carbonyl (C=O) groups is 4. The molecule has 0 spiro atoms. The third-order valence-electron chi connectivity index (χ3n) is 6.64. The molecule has 4 N–H and O–H groups in total. The fourth-order valence-corrected chi connectivity index (χ4v) is 4.52. The molecule has 2 aliphatic rings. The fraction of sp³-hybridized carbons (Fsp3) is 0.500. The fourth-order valence-electron chi connectivity index (χ4n) is 4.52. The highest BCUT2D eigenvalue weighted by Gasteiger charge is 2.33. The van der Waals surface area contributed by atoms with Crippen molar-refractivity contribution in [2.75, 3.05) is 14.2 Å². The summed E-state index contributed by atoms with van der Waals surface area (Å²) in [5.41, 5.74) is 6.26. The average Bonchev–Trinajstić information content (AvgIpc) is 2.85. The van der Waals surface area contributed by atoms with Crippen molar-refractivity contribution < 1.29 is 38.5 Å². The number of methoxy groups -OCH3 is 2. The highest BCUT2D eigenvalue weighted by atomic mass is 16.6. The second kappa shape index (κ2) is 13.9. The van der Waals surface area contributed by atoms with Crippen LogP contribution in [0.2, 0.25) is 0 Å². The molecule has 10 heteroatoms. The Balaban J connectivity index is 2.51. The van der Waals surface area contributed by atoms with Crippen LogP contribution in [0.1, 0.15) is 47.0 Å². The van der Waals surface area contributed by atoms with Crippen LogP contribution in [0.25, 0.3) is 0 Å². The molecule has 208 valence electrons. The van der Waals surface area contributed by atoms with Gasteiger partial charge in [-0.2, -0.15) is 0 Å². The number of fused-ring (bicyclic) bond motifs is 2. The molecule has 2 bridgehead atoms. The molecular formula is C28H38N2O8. The van der Waals surface area contributed by atoms with Crippen molar-refractivity contribution in [1.29, 1.82) is 0 Å². The number of primary amides is 1. The number of aliphatic hydroxyl groups is 1. The highest BCUT2D eigenvalue weighted by Crippen LogP contribution is 2.29. The molecule has 0 radical (unpaired) electrons. The first-order valence-electron chi connectivity index (χ1n) is 12.5. The molecule has 0 unspecified atom stereocenters. The van der Waals surface area contributed by atoms with Crippen LogP contribution in [0.15, 0.2) is 58.6 Å². The molecule has 0 aromatic heterocycles. The molecule has 1 heterocycles. The number of ketones is 2. The molecule has 0 saturated heterocycles. The molecule has 2 amide bonds. The van der Waals surface area contributed by atoms with Gasteiger partial charge in [-0.1, -0.05) is 38.2 Å². The zero-order valence-electron chi connectivity index (χ0n) is 22.8. The van der Waals surface area contributed by atoms with E-state index in [1.54, 1.807) is 32.1 Å². The summed E-state index contributed by atoms with van der Waals surface area (Å²) >= 11 is 0. The Morgan fingerprint density at radius 2 is 1.84 bits per heavy atom. The third kappa shape index (κ3) is 8.00. The molecule has 38 heavy (non-hydrogen) atoms. The average molecular weight is 531 g/mol. The van der Waals surface area contributed by atoms with Crippen LogP contribution >= 0.6 is 0 Å². The van der Waals surface area contributed by atoms with Gasteiger partial charge in [0.25, 0.3) is 5.91 Å². The molecule has 1 aliphatic heterocycles. The van der Waals surface area contributed by atoms with Gasteiger partial charge >= 0.3 is 6.09 Å². The number of rotatable bonds is 3. The summed E-state index contributed by atoms with van der Waals surface area (Å²) in [7, 11) is 2.81. The number of nitrogens with two attached hydrogens (primary N) is 1. The van der Waals surface area contributed by atoms with Gasteiger partial charge in [-0.15, -0.1) is 0 Å². The predicted octanol–water partition coefficient (Wildman–Crippen LogP) is 2.78. The van der Waals surface area contributed by atoms with E-state index >= 15 is 0 Å². The zero-order chi connectivity index (χ0) is 28.6. The number of carbonyl (C=O) groups excluding carboxylic acids is 4. The summed E-state index contributed by atoms with van der Waals surface area (Å²) in [4.78, 5) is 50.2. The molecular weight excluding hydrogens is 492 g/mol. The van der Waals surface area contributed by atoms with E-state index in [9.17, 15) is 24.3 Å². The first kappa shape index (κ1) is 30.7. The maximum absolute atomic E-state index is 13.3. The van der Waals surface area contributed by atoms with Gasteiger partial charge in [0.2, 0.25) is 11.6 Å². The molecule has 0 aromatic rings. The molecule has 1 aliphatic carbocycles. The smallest absolute Gasteiger partial charge is 0.405 e. The zero-order valence-corrected chi connectivity index (χ0v) is 22.8. The Morgan fingerprint density at radius 3 is 2.45 bits per heavy atom. The van der Waals surface area contributed by atoms with Gasteiger partial charge in [0.15, 0.2) is 5.76 Å². The van der Waals surface area contributed by atoms with Crippen molar-refractivity contribution in [1.82, 2.24) is 5.32 Å². The number of hydrogen-bond donors (Lipinski definition) is 3. The summed E-state index contributed by atoms with van der Waals surface area (Å²) in [5.74, 6) is -2.21. The van der Waals surface area contributed by atoms with E-state index in [1.807, 2.05) is 13.8 Å². The molecule has 0 fully saturated rings. The van der Waals surface area contributed by atoms with Gasteiger partial charge in [-0.25, -0.2) is 4.79 Å². The minimum atomic E-state index is -0.930. The van der Waals surface area contributed by atoms with Crippen molar-refractivity contribution in [2.45, 2.75) is 65.3 Å². The standard InChI is InChI=1S/C28H38N2O8/c1-15-11-19-25(33)20(14-21(31)26(19)37-6)30-27(34)16(2)9-7-8-10-22(38-28(29)35)17(3)13-18(4)24(32)23(12-15)36-5/h7-9,13-15,18,22-24,32H,10-12H2,1-6H3,(H2,29,35)(H,30,34)/b8-7+,16-9-,17-13-/t15-,18+,22-,23+,24-/m1/s1. The number of allylic oxidation sites excluding steroid dienone is 4. The summed E-state index contributed by atoms with van der Waals surface area (Å²) in [6.45, 7) is 7.03. The second-order valence-corrected chi connectivity index (χ2v) is 9.74. The number of ether oxygens (including phenoxy) is 3. The van der Waals surface area contributed by atoms with E-state index in [0.29, 0.717) is 12.0 Å². The normalized spacial score (nSPS) is 31.8. The van der Waals surface area contributed by atoms with Gasteiger partial charge in [-0.3, -0.25) is 14.4 Å². The molecule has 0 saturated carbocycles. The monoisotopic (exact) mass is 530 g/mol. The van der Waals surface area contributed by atoms with Gasteiger partial charge in [0.05, 0.1) is 25.0 Å². The maximum Gasteiger partial charge on any atom is 0.405 e. The van der Waals surface area contributed by atoms with Crippen molar-refractivity contribution in [2.24, 2.45) is 17.6 Å². The van der Waals surface area contributed by atoms with Crippen LogP contribution in [0.3, 0.4) is 0 Å². The third-order valence-corrected chi connectivity index (χ3v) is 6.64. The lowest BCUT2D eigenvalue weighted by atomic mass is 9.85. The lowest BCUT2D eigenvalue weighted by molar-refractivity contribution is -0.120. The van der Waals surface area contributed by atoms with Gasteiger partial charge in [0.1, 0.15) is 6.10 Å². The van der Waals surface area contributed by atoms with Crippen molar-refractivity contribution in [3.05, 3.63) is 58.6 Å². The van der Waals surface area contributed by atoms with Crippen molar-refractivity contribution in [3.8, 4) is 0 Å². The van der Waals surface area contributed by atoms with Crippen molar-refractivity contribution in [3.63, 3.8) is 0 Å². The number of aliphatic hydroxyl groups excluding tert-OH is 1. The summed E-state index contributed by atoms with van der Waals surface area (Å²) in [6.07, 6.45) is 5.42. The summed E-state index contributed by atoms with van der Waals surface area (Å²) < 4.78 is 16.1. The van der Waals surface area contributed by atoms with E-state index < -0.39 is 41.9 Å². The first-order chi connectivity index (χ1) is 17.9. The van der Waals surface area contributed by atoms with Gasteiger partial charge in [-0.05, 0) is 38.2 Å². The summed E-state index contributed by atoms with van der Waals surface area (Å²) in [5, 5.41) is 13.6. The molecule has 5 atom stereocenters. The van der Waals surface area contributed by atoms with E-state index in [0.717, 1.165) is 6.08 Å². The predicted molar refractivity (Wildman–Crippen MR) is 140 cm³/mol. The Labute approximate surface area is 223 Å². The molecule has 10 nitrogen and oxygen atoms in total. The van der Waals surface area contributed by atoms with E-state index in [4.69, 9.17) is 19.9 Å². The van der Waals surface area contributed by atoms with E-state index in [1.165, 1.54) is 20.3 Å². The maximum atomic E-state index is 13.3. The number of amides is 2. The van der Waals surface area contributed by atoms with Crippen LogP contribution in [0.4, 0.5) is 4.79 Å². The summed E-state index contributed by atoms with van der Waals surface area (Å²) in [6, 6.07) is 0. The Morgan fingerprint density at radius 1 is 1.16 bits per heavy atom. The number of nitrogens with one attached hydrogen (secondary N) is 1. The number of hydrogen-bond acceptors (Lipinski definition) is 8. The van der Waals surface area contributed by atoms with Crippen LogP contribution in [-0.2, 0) is 28.6 Å². The van der Waals surface area contributed by atoms with E-state index in [2.05, 4.69) is 5.32 Å². The van der Waals surface area contributed by atoms with Gasteiger partial charge in [0, 0.05) is 36.7 Å². The lowest BCUT2D eigenvalue weighted by Crippen LogP contribution is -2.36. The minimum Gasteiger partial charge on any atom is -0.492 e. The van der Waals surface area contributed by atoms with E-state index in [-0.39, 0.29) is 47.3 Å². The Kier molecular flexibility index (Phi) is 11.2. The minimum absolute atomic E-state index is 0.0668. The van der Waals surface area contributed by atoms with Crippen LogP contribution in [-0.4, -0.2) is 61.2 Å². The molecule has 0 aromatic carbocycles. The van der Waals surface area contributed by atoms with Crippen LogP contribution in [0.5, 0.6) is 0 Å². The SMILES string of the molecule is COC1=C2C[C@@H](C)C[C@H](OC)[C@H](O)[C@@H](C)/C=C(/C)[C@H](OC(N)=O)C/C=C/C=C(/C)C(=O)NC(=CC1=O)C2=O. The quantitative estimate of drug-likeness (QED) is 0.372. The Hall–Kier alpha value is -3.50. The van der Waals surface area contributed by atoms with Crippen LogP contribution < -0.4 is 11.1 Å². The Bertz CT molecular complexity index is 1100. The first-order valence-corrected chi connectivity index (χ1v) is 12.5. The highest BCUT2D eigenvalue weighted by molar-refractivity contribution is 6.23. The largest absolute Gasteiger partial charge is 0.492 e. The van der Waals surface area contributed by atoms with Crippen molar-refractivity contribution >= 4 is 23.6 Å². The number of Topliss-reactive ketones (excluding diaryl/α,β-unsaturated/α-hetero) is 1. The van der Waals surface area contributed by atoms with Gasteiger partial charge < -0.3 is 30.4 Å². The topological polar surface area (TPSA) is 154 Å². The molecule has 2 rings (SSSR count). The lowest BCUT2D eigenvalue weighted by Gasteiger charge is -2.29. The second-order valence-electron chi connectivity index (χ2n) is 9.74.